The number of amides is 2. The number of carbonyl (C=O) groups excluding carboxylic acids is 2. The second kappa shape index (κ2) is 9.03. The van der Waals surface area contributed by atoms with Gasteiger partial charge in [-0.2, -0.15) is 0 Å². The zero-order chi connectivity index (χ0) is 19.2. The predicted molar refractivity (Wildman–Crippen MR) is 102 cm³/mol. The zero-order valence-electron chi connectivity index (χ0n) is 16.2. The van der Waals surface area contributed by atoms with Crippen LogP contribution in [0.4, 0.5) is 4.79 Å². The minimum atomic E-state index is -0.599. The molecule has 26 heavy (non-hydrogen) atoms. The summed E-state index contributed by atoms with van der Waals surface area (Å²) in [5.41, 5.74) is 0.653. The Morgan fingerprint density at radius 1 is 1.27 bits per heavy atom. The van der Waals surface area contributed by atoms with E-state index < -0.39 is 17.7 Å². The molecular weight excluding hydrogens is 330 g/mol. The van der Waals surface area contributed by atoms with E-state index in [2.05, 4.69) is 22.8 Å². The normalized spacial score (nSPS) is 18.9. The number of hydrogen-bond acceptors (Lipinski definition) is 4. The van der Waals surface area contributed by atoms with Gasteiger partial charge in [-0.1, -0.05) is 30.3 Å². The van der Waals surface area contributed by atoms with E-state index in [0.717, 1.165) is 25.9 Å². The van der Waals surface area contributed by atoms with Gasteiger partial charge in [0.2, 0.25) is 5.91 Å². The Bertz CT molecular complexity index is 598. The highest BCUT2D eigenvalue weighted by Crippen LogP contribution is 2.13. The molecular formula is C20H31N3O3. The SMILES string of the molecule is C[C@@H](NC(=O)OC(C)(C)C)C(=O)N1CCC[C@H](NCc2ccccc2)C1. The summed E-state index contributed by atoms with van der Waals surface area (Å²) in [4.78, 5) is 26.3. The molecule has 144 valence electrons. The number of rotatable bonds is 5. The molecule has 6 heteroatoms. The maximum atomic E-state index is 12.6. The van der Waals surface area contributed by atoms with E-state index >= 15 is 0 Å². The van der Waals surface area contributed by atoms with Gasteiger partial charge in [0, 0.05) is 25.7 Å². The molecule has 1 aliphatic rings. The van der Waals surface area contributed by atoms with Crippen LogP contribution in [0, 0.1) is 0 Å². The van der Waals surface area contributed by atoms with Crippen molar-refractivity contribution < 1.29 is 14.3 Å². The minimum Gasteiger partial charge on any atom is -0.444 e. The quantitative estimate of drug-likeness (QED) is 0.846. The molecule has 1 fully saturated rings. The van der Waals surface area contributed by atoms with Gasteiger partial charge in [0.1, 0.15) is 11.6 Å². The van der Waals surface area contributed by atoms with E-state index in [0.29, 0.717) is 6.54 Å². The molecule has 0 aliphatic carbocycles. The van der Waals surface area contributed by atoms with E-state index in [9.17, 15) is 9.59 Å². The van der Waals surface area contributed by atoms with E-state index in [-0.39, 0.29) is 11.9 Å². The van der Waals surface area contributed by atoms with Crippen LogP contribution in [0.3, 0.4) is 0 Å². The van der Waals surface area contributed by atoms with Crippen molar-refractivity contribution >= 4 is 12.0 Å². The molecule has 1 aromatic carbocycles. The van der Waals surface area contributed by atoms with Crippen molar-refractivity contribution in [3.8, 4) is 0 Å². The lowest BCUT2D eigenvalue weighted by molar-refractivity contribution is -0.134. The molecule has 0 unspecified atom stereocenters. The van der Waals surface area contributed by atoms with E-state index in [1.807, 2.05) is 23.1 Å². The summed E-state index contributed by atoms with van der Waals surface area (Å²) in [6.45, 7) is 9.27. The molecule has 0 radical (unpaired) electrons. The molecule has 1 aliphatic heterocycles. The number of nitrogens with one attached hydrogen (secondary N) is 2. The second-order valence-corrected chi connectivity index (χ2v) is 7.86. The van der Waals surface area contributed by atoms with E-state index in [1.54, 1.807) is 27.7 Å². The van der Waals surface area contributed by atoms with Crippen molar-refractivity contribution in [2.24, 2.45) is 0 Å². The first kappa shape index (κ1) is 20.2. The molecule has 2 atom stereocenters. The van der Waals surface area contributed by atoms with E-state index in [1.165, 1.54) is 5.56 Å². The van der Waals surface area contributed by atoms with Gasteiger partial charge in [0.05, 0.1) is 0 Å². The Kier molecular flexibility index (Phi) is 7.03. The van der Waals surface area contributed by atoms with Gasteiger partial charge in [-0.25, -0.2) is 4.79 Å². The molecule has 1 saturated heterocycles. The number of piperidine rings is 1. The van der Waals surface area contributed by atoms with Gasteiger partial charge < -0.3 is 20.3 Å². The first-order valence-corrected chi connectivity index (χ1v) is 9.30. The van der Waals surface area contributed by atoms with Crippen molar-refractivity contribution in [2.75, 3.05) is 13.1 Å². The standard InChI is InChI=1S/C20H31N3O3/c1-15(22-19(25)26-20(2,3)4)18(24)23-12-8-11-17(14-23)21-13-16-9-6-5-7-10-16/h5-7,9-10,15,17,21H,8,11-14H2,1-4H3,(H,22,25)/t15-,17+/m1/s1. The smallest absolute Gasteiger partial charge is 0.408 e. The highest BCUT2D eigenvalue weighted by Gasteiger charge is 2.28. The summed E-state index contributed by atoms with van der Waals surface area (Å²) in [5.74, 6) is -0.0675. The summed E-state index contributed by atoms with van der Waals surface area (Å²) >= 11 is 0. The lowest BCUT2D eigenvalue weighted by Gasteiger charge is -2.35. The summed E-state index contributed by atoms with van der Waals surface area (Å²) < 4.78 is 5.22. The summed E-state index contributed by atoms with van der Waals surface area (Å²) in [6.07, 6.45) is 1.44. The van der Waals surface area contributed by atoms with Crippen LogP contribution >= 0.6 is 0 Å². The molecule has 1 heterocycles. The van der Waals surface area contributed by atoms with Crippen LogP contribution in [0.25, 0.3) is 0 Å². The monoisotopic (exact) mass is 361 g/mol. The number of ether oxygens (including phenoxy) is 1. The zero-order valence-corrected chi connectivity index (χ0v) is 16.2. The Morgan fingerprint density at radius 2 is 1.96 bits per heavy atom. The minimum absolute atomic E-state index is 0.0675. The van der Waals surface area contributed by atoms with Gasteiger partial charge >= 0.3 is 6.09 Å². The fourth-order valence-electron chi connectivity index (χ4n) is 3.02. The van der Waals surface area contributed by atoms with Crippen LogP contribution in [0.15, 0.2) is 30.3 Å². The maximum Gasteiger partial charge on any atom is 0.408 e. The van der Waals surface area contributed by atoms with Crippen LogP contribution in [0.1, 0.15) is 46.1 Å². The number of nitrogens with zero attached hydrogens (tertiary/aromatic N) is 1. The number of benzene rings is 1. The third-order valence-corrected chi connectivity index (χ3v) is 4.27. The first-order chi connectivity index (χ1) is 12.2. The lowest BCUT2D eigenvalue weighted by Crippen LogP contribution is -2.53. The van der Waals surface area contributed by atoms with Crippen LogP contribution < -0.4 is 10.6 Å². The molecule has 0 aromatic heterocycles. The Morgan fingerprint density at radius 3 is 2.62 bits per heavy atom. The van der Waals surface area contributed by atoms with Crippen molar-refractivity contribution in [1.82, 2.24) is 15.5 Å². The van der Waals surface area contributed by atoms with Gasteiger partial charge in [0.15, 0.2) is 0 Å². The fraction of sp³-hybridized carbons (Fsp3) is 0.600. The number of hydrogen-bond donors (Lipinski definition) is 2. The van der Waals surface area contributed by atoms with Crippen molar-refractivity contribution in [3.05, 3.63) is 35.9 Å². The van der Waals surface area contributed by atoms with Crippen LogP contribution in [-0.2, 0) is 16.1 Å². The van der Waals surface area contributed by atoms with Gasteiger partial charge in [-0.05, 0) is 46.1 Å². The molecule has 0 bridgehead atoms. The summed E-state index contributed by atoms with van der Waals surface area (Å²) in [7, 11) is 0. The molecule has 0 spiro atoms. The highest BCUT2D eigenvalue weighted by atomic mass is 16.6. The van der Waals surface area contributed by atoms with Crippen molar-refractivity contribution in [2.45, 2.75) is 64.8 Å². The Hall–Kier alpha value is -2.08. The van der Waals surface area contributed by atoms with Crippen molar-refractivity contribution in [3.63, 3.8) is 0 Å². The largest absolute Gasteiger partial charge is 0.444 e. The first-order valence-electron chi connectivity index (χ1n) is 9.30. The molecule has 2 N–H and O–H groups in total. The Labute approximate surface area is 156 Å². The second-order valence-electron chi connectivity index (χ2n) is 7.86. The van der Waals surface area contributed by atoms with Crippen LogP contribution in [0.5, 0.6) is 0 Å². The molecule has 0 saturated carbocycles. The molecule has 2 amide bonds. The van der Waals surface area contributed by atoms with Gasteiger partial charge in [-0.15, -0.1) is 0 Å². The number of carbonyl (C=O) groups is 2. The molecule has 6 nitrogen and oxygen atoms in total. The summed E-state index contributed by atoms with van der Waals surface area (Å²) in [6, 6.07) is 9.90. The lowest BCUT2D eigenvalue weighted by atomic mass is 10.0. The molecule has 2 rings (SSSR count). The van der Waals surface area contributed by atoms with Crippen LogP contribution in [0.2, 0.25) is 0 Å². The molecule has 1 aromatic rings. The Balaban J connectivity index is 1.81. The topological polar surface area (TPSA) is 70.7 Å². The fourth-order valence-corrected chi connectivity index (χ4v) is 3.02. The average molecular weight is 361 g/mol. The van der Waals surface area contributed by atoms with Crippen molar-refractivity contribution in [1.29, 1.82) is 0 Å². The summed E-state index contributed by atoms with van der Waals surface area (Å²) in [5, 5.41) is 6.16. The highest BCUT2D eigenvalue weighted by molar-refractivity contribution is 5.85. The number of alkyl carbamates (subject to hydrolysis) is 1. The van der Waals surface area contributed by atoms with Gasteiger partial charge in [0.25, 0.3) is 0 Å². The third-order valence-electron chi connectivity index (χ3n) is 4.27. The van der Waals surface area contributed by atoms with E-state index in [4.69, 9.17) is 4.74 Å². The third kappa shape index (κ3) is 6.67. The number of likely N-dealkylation sites (tertiary alicyclic amines) is 1. The predicted octanol–water partition coefficient (Wildman–Crippen LogP) is 2.68. The average Bonchev–Trinajstić information content (AvgIpc) is 2.58. The maximum absolute atomic E-state index is 12.6. The van der Waals surface area contributed by atoms with Crippen LogP contribution in [-0.4, -0.2) is 47.7 Å². The van der Waals surface area contributed by atoms with Gasteiger partial charge in [-0.3, -0.25) is 4.79 Å².